The third kappa shape index (κ3) is 3.45. The topological polar surface area (TPSA) is 72.5 Å². The standard InChI is InChI=1S/C12H13BrClNO4S/c1-19-11-3-2-7(4-8(11)13)12(16)15-10-6-20(17,18)5-9(10)14/h2-4,9-10H,5-6H2,1H3,(H,15,16). The lowest BCUT2D eigenvalue weighted by atomic mass is 10.2. The van der Waals surface area contributed by atoms with Gasteiger partial charge in [0.05, 0.1) is 34.5 Å². The van der Waals surface area contributed by atoms with E-state index in [1.54, 1.807) is 18.2 Å². The predicted molar refractivity (Wildman–Crippen MR) is 80.2 cm³/mol. The van der Waals surface area contributed by atoms with Gasteiger partial charge in [0.15, 0.2) is 9.84 Å². The highest BCUT2D eigenvalue weighted by molar-refractivity contribution is 9.10. The molecule has 1 aromatic carbocycles. The normalized spacial score (nSPS) is 24.4. The highest BCUT2D eigenvalue weighted by atomic mass is 79.9. The van der Waals surface area contributed by atoms with Crippen molar-refractivity contribution in [3.63, 3.8) is 0 Å². The summed E-state index contributed by atoms with van der Waals surface area (Å²) in [5.41, 5.74) is 0.408. The van der Waals surface area contributed by atoms with Crippen LogP contribution in [0.5, 0.6) is 5.75 Å². The number of carbonyl (C=O) groups is 1. The molecule has 2 atom stereocenters. The molecule has 110 valence electrons. The van der Waals surface area contributed by atoms with E-state index in [2.05, 4.69) is 21.2 Å². The van der Waals surface area contributed by atoms with Crippen LogP contribution in [0.2, 0.25) is 0 Å². The van der Waals surface area contributed by atoms with E-state index in [9.17, 15) is 13.2 Å². The van der Waals surface area contributed by atoms with Crippen LogP contribution in [0.15, 0.2) is 22.7 Å². The molecule has 1 aliphatic rings. The van der Waals surface area contributed by atoms with Crippen molar-refractivity contribution in [3.05, 3.63) is 28.2 Å². The highest BCUT2D eigenvalue weighted by Crippen LogP contribution is 2.26. The molecule has 8 heteroatoms. The van der Waals surface area contributed by atoms with Crippen LogP contribution in [0.25, 0.3) is 0 Å². The maximum atomic E-state index is 12.1. The minimum atomic E-state index is -3.17. The molecular weight excluding hydrogens is 370 g/mol. The van der Waals surface area contributed by atoms with E-state index in [1.165, 1.54) is 7.11 Å². The third-order valence-corrected chi connectivity index (χ3v) is 6.01. The summed E-state index contributed by atoms with van der Waals surface area (Å²) in [6.07, 6.45) is 0. The summed E-state index contributed by atoms with van der Waals surface area (Å²) in [7, 11) is -1.64. The number of carbonyl (C=O) groups excluding carboxylic acids is 1. The van der Waals surface area contributed by atoms with Gasteiger partial charge in [-0.1, -0.05) is 0 Å². The van der Waals surface area contributed by atoms with Gasteiger partial charge in [0, 0.05) is 5.56 Å². The fourth-order valence-electron chi connectivity index (χ4n) is 2.00. The van der Waals surface area contributed by atoms with Gasteiger partial charge in [-0.3, -0.25) is 4.79 Å². The Labute approximate surface area is 130 Å². The van der Waals surface area contributed by atoms with Crippen LogP contribution in [0.3, 0.4) is 0 Å². The zero-order valence-corrected chi connectivity index (χ0v) is 13.8. The smallest absolute Gasteiger partial charge is 0.251 e. The van der Waals surface area contributed by atoms with Gasteiger partial charge in [0.25, 0.3) is 5.91 Å². The van der Waals surface area contributed by atoms with Gasteiger partial charge in [-0.25, -0.2) is 8.42 Å². The Kier molecular flexibility index (Phi) is 4.61. The van der Waals surface area contributed by atoms with Crippen molar-refractivity contribution in [2.45, 2.75) is 11.4 Å². The molecule has 2 unspecified atom stereocenters. The first-order chi connectivity index (χ1) is 9.32. The molecule has 0 aromatic heterocycles. The van der Waals surface area contributed by atoms with E-state index >= 15 is 0 Å². The number of benzene rings is 1. The second kappa shape index (κ2) is 5.91. The molecule has 0 bridgehead atoms. The molecular formula is C12H13BrClNO4S. The fraction of sp³-hybridized carbons (Fsp3) is 0.417. The number of hydrogen-bond donors (Lipinski definition) is 1. The first-order valence-corrected chi connectivity index (χ1v) is 8.86. The Morgan fingerprint density at radius 1 is 1.45 bits per heavy atom. The van der Waals surface area contributed by atoms with Gasteiger partial charge >= 0.3 is 0 Å². The Morgan fingerprint density at radius 2 is 2.15 bits per heavy atom. The summed E-state index contributed by atoms with van der Waals surface area (Å²) in [4.78, 5) is 12.1. The number of rotatable bonds is 3. The van der Waals surface area contributed by atoms with E-state index in [0.29, 0.717) is 15.8 Å². The molecule has 1 saturated heterocycles. The predicted octanol–water partition coefficient (Wildman–Crippen LogP) is 1.59. The Morgan fingerprint density at radius 3 is 2.65 bits per heavy atom. The number of sulfone groups is 1. The number of methoxy groups -OCH3 is 1. The van der Waals surface area contributed by atoms with Gasteiger partial charge < -0.3 is 10.1 Å². The molecule has 1 fully saturated rings. The molecule has 0 aliphatic carbocycles. The molecule has 2 rings (SSSR count). The third-order valence-electron chi connectivity index (χ3n) is 3.01. The molecule has 5 nitrogen and oxygen atoms in total. The summed E-state index contributed by atoms with van der Waals surface area (Å²) < 4.78 is 28.6. The summed E-state index contributed by atoms with van der Waals surface area (Å²) in [6.45, 7) is 0. The molecule has 1 heterocycles. The van der Waals surface area contributed by atoms with E-state index in [4.69, 9.17) is 16.3 Å². The van der Waals surface area contributed by atoms with E-state index in [0.717, 1.165) is 0 Å². The number of halogens is 2. The van der Waals surface area contributed by atoms with Crippen molar-refractivity contribution in [3.8, 4) is 5.75 Å². The van der Waals surface area contributed by atoms with Gasteiger partial charge in [-0.2, -0.15) is 0 Å². The van der Waals surface area contributed by atoms with Crippen LogP contribution in [0, 0.1) is 0 Å². The lowest BCUT2D eigenvalue weighted by molar-refractivity contribution is 0.0941. The summed E-state index contributed by atoms with van der Waals surface area (Å²) in [6, 6.07) is 4.31. The van der Waals surface area contributed by atoms with Crippen LogP contribution >= 0.6 is 27.5 Å². The maximum absolute atomic E-state index is 12.1. The Hall–Kier alpha value is -0.790. The minimum Gasteiger partial charge on any atom is -0.496 e. The fourth-order valence-corrected chi connectivity index (χ4v) is 5.09. The number of amides is 1. The average Bonchev–Trinajstić information content (AvgIpc) is 2.62. The monoisotopic (exact) mass is 381 g/mol. The van der Waals surface area contributed by atoms with E-state index < -0.39 is 21.3 Å². The van der Waals surface area contributed by atoms with E-state index in [-0.39, 0.29) is 17.4 Å². The molecule has 1 aromatic rings. The Balaban J connectivity index is 2.11. The molecule has 20 heavy (non-hydrogen) atoms. The second-order valence-electron chi connectivity index (χ2n) is 4.52. The lowest BCUT2D eigenvalue weighted by Crippen LogP contribution is -2.40. The zero-order chi connectivity index (χ0) is 14.9. The van der Waals surface area contributed by atoms with Crippen LogP contribution in [-0.4, -0.2) is 44.4 Å². The molecule has 0 saturated carbocycles. The molecule has 1 amide bonds. The van der Waals surface area contributed by atoms with Crippen molar-refractivity contribution >= 4 is 43.3 Å². The Bertz CT molecular complexity index is 634. The molecule has 0 spiro atoms. The van der Waals surface area contributed by atoms with Crippen molar-refractivity contribution in [1.29, 1.82) is 0 Å². The van der Waals surface area contributed by atoms with Crippen LogP contribution in [-0.2, 0) is 9.84 Å². The number of nitrogens with one attached hydrogen (secondary N) is 1. The first-order valence-electron chi connectivity index (χ1n) is 5.81. The molecule has 0 radical (unpaired) electrons. The summed E-state index contributed by atoms with van der Waals surface area (Å²) in [5, 5.41) is 2.06. The first kappa shape index (κ1) is 15.6. The SMILES string of the molecule is COc1ccc(C(=O)NC2CS(=O)(=O)CC2Cl)cc1Br. The average molecular weight is 383 g/mol. The minimum absolute atomic E-state index is 0.105. The van der Waals surface area contributed by atoms with Gasteiger partial charge in [0.1, 0.15) is 5.75 Å². The van der Waals surface area contributed by atoms with Gasteiger partial charge in [0.2, 0.25) is 0 Å². The second-order valence-corrected chi connectivity index (χ2v) is 8.09. The van der Waals surface area contributed by atoms with Crippen LogP contribution in [0.4, 0.5) is 0 Å². The number of hydrogen-bond acceptors (Lipinski definition) is 4. The summed E-state index contributed by atoms with van der Waals surface area (Å²) >= 11 is 9.24. The number of alkyl halides is 1. The lowest BCUT2D eigenvalue weighted by Gasteiger charge is -2.14. The maximum Gasteiger partial charge on any atom is 0.251 e. The van der Waals surface area contributed by atoms with Crippen molar-refractivity contribution in [1.82, 2.24) is 5.32 Å². The highest BCUT2D eigenvalue weighted by Gasteiger charge is 2.37. The molecule has 1 aliphatic heterocycles. The van der Waals surface area contributed by atoms with Crippen LogP contribution in [0.1, 0.15) is 10.4 Å². The van der Waals surface area contributed by atoms with Crippen molar-refractivity contribution < 1.29 is 17.9 Å². The largest absolute Gasteiger partial charge is 0.496 e. The van der Waals surface area contributed by atoms with Gasteiger partial charge in [-0.15, -0.1) is 11.6 Å². The summed E-state index contributed by atoms with van der Waals surface area (Å²) in [5.74, 6) is 0.0251. The van der Waals surface area contributed by atoms with Crippen molar-refractivity contribution in [2.75, 3.05) is 18.6 Å². The zero-order valence-electron chi connectivity index (χ0n) is 10.6. The van der Waals surface area contributed by atoms with Crippen molar-refractivity contribution in [2.24, 2.45) is 0 Å². The van der Waals surface area contributed by atoms with Gasteiger partial charge in [-0.05, 0) is 34.1 Å². The van der Waals surface area contributed by atoms with Crippen LogP contribution < -0.4 is 10.1 Å². The van der Waals surface area contributed by atoms with E-state index in [1.807, 2.05) is 0 Å². The number of ether oxygens (including phenoxy) is 1. The quantitative estimate of drug-likeness (QED) is 0.806. The molecule has 1 N–H and O–H groups in total.